The van der Waals surface area contributed by atoms with E-state index in [-0.39, 0.29) is 35.7 Å². The highest BCUT2D eigenvalue weighted by molar-refractivity contribution is 5.76. The second-order valence-electron chi connectivity index (χ2n) is 5.94. The molecule has 0 aliphatic heterocycles. The number of methoxy groups -OCH3 is 1. The van der Waals surface area contributed by atoms with Gasteiger partial charge in [-0.05, 0) is 36.3 Å². The molecule has 2 rings (SSSR count). The number of rotatable bonds is 6. The minimum Gasteiger partial charge on any atom is -0.468 e. The molecule has 0 bridgehead atoms. The van der Waals surface area contributed by atoms with E-state index in [0.29, 0.717) is 0 Å². The van der Waals surface area contributed by atoms with E-state index < -0.39 is 0 Å². The summed E-state index contributed by atoms with van der Waals surface area (Å²) in [7, 11) is 1.42. The first kappa shape index (κ1) is 16.0. The number of nitrogens with one attached hydrogen (secondary N) is 1. The van der Waals surface area contributed by atoms with Gasteiger partial charge in [0.2, 0.25) is 0 Å². The molecule has 0 amide bonds. The van der Waals surface area contributed by atoms with Gasteiger partial charge in [0.05, 0.1) is 7.11 Å². The minimum atomic E-state index is -0.272. The van der Waals surface area contributed by atoms with Gasteiger partial charge in [-0.15, -0.1) is 0 Å². The van der Waals surface area contributed by atoms with Gasteiger partial charge < -0.3 is 10.1 Å². The van der Waals surface area contributed by atoms with Crippen LogP contribution in [0, 0.1) is 11.7 Å². The van der Waals surface area contributed by atoms with Crippen molar-refractivity contribution in [2.24, 2.45) is 5.92 Å². The number of esters is 1. The average molecular weight is 293 g/mol. The van der Waals surface area contributed by atoms with Gasteiger partial charge in [-0.25, -0.2) is 4.39 Å². The number of benzene rings is 1. The first-order chi connectivity index (χ1) is 10.1. The second-order valence-corrected chi connectivity index (χ2v) is 5.94. The normalized spacial score (nSPS) is 24.0. The Bertz CT molecular complexity index is 485. The zero-order valence-corrected chi connectivity index (χ0v) is 12.9. The van der Waals surface area contributed by atoms with E-state index in [4.69, 9.17) is 4.74 Å². The largest absolute Gasteiger partial charge is 0.468 e. The number of carbonyl (C=O) groups excluding carboxylic acids is 1. The first-order valence-corrected chi connectivity index (χ1v) is 7.65. The van der Waals surface area contributed by atoms with Gasteiger partial charge in [0, 0.05) is 6.04 Å². The summed E-state index contributed by atoms with van der Waals surface area (Å²) < 4.78 is 18.6. The fraction of sp³-hybridized carbons (Fsp3) is 0.588. The third kappa shape index (κ3) is 3.62. The number of halogens is 1. The quantitative estimate of drug-likeness (QED) is 0.818. The highest BCUT2D eigenvalue weighted by atomic mass is 19.1. The fourth-order valence-corrected chi connectivity index (χ4v) is 2.90. The number of hydrogen-bond acceptors (Lipinski definition) is 3. The Morgan fingerprint density at radius 3 is 2.67 bits per heavy atom. The lowest BCUT2D eigenvalue weighted by Gasteiger charge is -2.39. The topological polar surface area (TPSA) is 38.3 Å². The van der Waals surface area contributed by atoms with Crippen LogP contribution in [-0.4, -0.2) is 25.2 Å². The summed E-state index contributed by atoms with van der Waals surface area (Å²) in [6, 6.07) is 6.92. The van der Waals surface area contributed by atoms with Crippen LogP contribution in [0.5, 0.6) is 0 Å². The summed E-state index contributed by atoms with van der Waals surface area (Å²) >= 11 is 0. The molecule has 4 heteroatoms. The Morgan fingerprint density at radius 1 is 1.43 bits per heavy atom. The summed E-state index contributed by atoms with van der Waals surface area (Å²) in [6.07, 6.45) is 2.64. The summed E-state index contributed by atoms with van der Waals surface area (Å²) in [6.45, 7) is 4.10. The first-order valence-electron chi connectivity index (χ1n) is 7.65. The molecule has 1 N–H and O–H groups in total. The van der Waals surface area contributed by atoms with Crippen molar-refractivity contribution in [2.45, 2.75) is 51.1 Å². The average Bonchev–Trinajstić information content (AvgIpc) is 2.46. The Balaban J connectivity index is 1.91. The summed E-state index contributed by atoms with van der Waals surface area (Å²) in [5.41, 5.74) is 0.786. The van der Waals surface area contributed by atoms with E-state index in [9.17, 15) is 9.18 Å². The van der Waals surface area contributed by atoms with Crippen molar-refractivity contribution in [3.8, 4) is 0 Å². The molecule has 3 nitrogen and oxygen atoms in total. The Labute approximate surface area is 125 Å². The molecule has 116 valence electrons. The minimum absolute atomic E-state index is 0.132. The number of ether oxygens (including phenoxy) is 1. The molecule has 1 aromatic rings. The predicted molar refractivity (Wildman–Crippen MR) is 80.6 cm³/mol. The molecule has 1 saturated carbocycles. The lowest BCUT2D eigenvalue weighted by Crippen LogP contribution is -2.51. The van der Waals surface area contributed by atoms with Crippen LogP contribution in [0.15, 0.2) is 24.3 Å². The molecular formula is C17H24FNO2. The maximum absolute atomic E-state index is 13.7. The van der Waals surface area contributed by atoms with Gasteiger partial charge in [-0.3, -0.25) is 4.79 Å². The van der Waals surface area contributed by atoms with E-state index in [0.717, 1.165) is 24.8 Å². The molecule has 2 atom stereocenters. The smallest absolute Gasteiger partial charge is 0.323 e. The molecule has 0 spiro atoms. The third-order valence-electron chi connectivity index (χ3n) is 4.57. The summed E-state index contributed by atoms with van der Waals surface area (Å²) in [5.74, 6) is 0.134. The third-order valence-corrected chi connectivity index (χ3v) is 4.57. The monoisotopic (exact) mass is 293 g/mol. The van der Waals surface area contributed by atoms with Crippen molar-refractivity contribution in [1.82, 2.24) is 5.32 Å². The van der Waals surface area contributed by atoms with E-state index in [2.05, 4.69) is 12.2 Å². The van der Waals surface area contributed by atoms with Gasteiger partial charge in [0.1, 0.15) is 11.9 Å². The molecule has 0 saturated heterocycles. The van der Waals surface area contributed by atoms with Gasteiger partial charge in [-0.2, -0.15) is 0 Å². The fourth-order valence-electron chi connectivity index (χ4n) is 2.90. The van der Waals surface area contributed by atoms with Crippen molar-refractivity contribution in [3.63, 3.8) is 0 Å². The summed E-state index contributed by atoms with van der Waals surface area (Å²) in [5, 5.41) is 3.38. The highest BCUT2D eigenvalue weighted by Gasteiger charge is 2.36. The standard InChI is InChI=1S/C17H24FNO2/c1-4-11(2)16(17(20)21-3)19-13-9-12(10-13)14-7-5-6-8-15(14)18/h5-8,11-13,16,19H,4,9-10H2,1-3H3. The molecule has 1 aliphatic rings. The van der Waals surface area contributed by atoms with Crippen molar-refractivity contribution in [3.05, 3.63) is 35.6 Å². The Kier molecular flexibility index (Phi) is 5.34. The SMILES string of the molecule is CCC(C)C(NC1CC(c2ccccc2F)C1)C(=O)OC. The van der Waals surface area contributed by atoms with Gasteiger partial charge in [-0.1, -0.05) is 38.5 Å². The number of hydrogen-bond donors (Lipinski definition) is 1. The van der Waals surface area contributed by atoms with Gasteiger partial charge >= 0.3 is 5.97 Å². The predicted octanol–water partition coefficient (Wildman–Crippen LogP) is 3.25. The Morgan fingerprint density at radius 2 is 2.10 bits per heavy atom. The van der Waals surface area contributed by atoms with E-state index in [1.807, 2.05) is 19.1 Å². The van der Waals surface area contributed by atoms with E-state index in [1.54, 1.807) is 6.07 Å². The molecule has 0 heterocycles. The molecule has 2 unspecified atom stereocenters. The van der Waals surface area contributed by atoms with Crippen LogP contribution < -0.4 is 5.32 Å². The van der Waals surface area contributed by atoms with Crippen LogP contribution >= 0.6 is 0 Å². The van der Waals surface area contributed by atoms with Gasteiger partial charge in [0.25, 0.3) is 0 Å². The van der Waals surface area contributed by atoms with Crippen molar-refractivity contribution in [2.75, 3.05) is 7.11 Å². The van der Waals surface area contributed by atoms with Gasteiger partial charge in [0.15, 0.2) is 0 Å². The molecular weight excluding hydrogens is 269 g/mol. The zero-order valence-electron chi connectivity index (χ0n) is 12.9. The van der Waals surface area contributed by atoms with Crippen LogP contribution in [0.4, 0.5) is 4.39 Å². The van der Waals surface area contributed by atoms with Crippen LogP contribution in [0.25, 0.3) is 0 Å². The molecule has 1 fully saturated rings. The zero-order chi connectivity index (χ0) is 15.4. The van der Waals surface area contributed by atoms with Crippen LogP contribution in [0.1, 0.15) is 44.6 Å². The maximum Gasteiger partial charge on any atom is 0.323 e. The highest BCUT2D eigenvalue weighted by Crippen LogP contribution is 2.38. The molecule has 0 aromatic heterocycles. The molecule has 21 heavy (non-hydrogen) atoms. The lowest BCUT2D eigenvalue weighted by molar-refractivity contribution is -0.145. The van der Waals surface area contributed by atoms with Crippen LogP contribution in [-0.2, 0) is 9.53 Å². The molecule has 1 aliphatic carbocycles. The van der Waals surface area contributed by atoms with Crippen LogP contribution in [0.3, 0.4) is 0 Å². The Hall–Kier alpha value is -1.42. The van der Waals surface area contributed by atoms with Crippen LogP contribution in [0.2, 0.25) is 0 Å². The second kappa shape index (κ2) is 7.03. The van der Waals surface area contributed by atoms with E-state index >= 15 is 0 Å². The molecule has 1 aromatic carbocycles. The van der Waals surface area contributed by atoms with E-state index in [1.165, 1.54) is 13.2 Å². The number of carbonyl (C=O) groups is 1. The van der Waals surface area contributed by atoms with Crippen molar-refractivity contribution < 1.29 is 13.9 Å². The van der Waals surface area contributed by atoms with Crippen molar-refractivity contribution in [1.29, 1.82) is 0 Å². The molecule has 0 radical (unpaired) electrons. The lowest BCUT2D eigenvalue weighted by atomic mass is 9.75. The van der Waals surface area contributed by atoms with Crippen molar-refractivity contribution >= 4 is 5.97 Å². The maximum atomic E-state index is 13.7. The summed E-state index contributed by atoms with van der Waals surface area (Å²) in [4.78, 5) is 11.8.